The van der Waals surface area contributed by atoms with Gasteiger partial charge in [-0.3, -0.25) is 4.99 Å². The van der Waals surface area contributed by atoms with E-state index in [0.29, 0.717) is 12.1 Å². The highest BCUT2D eigenvalue weighted by Gasteiger charge is 2.06. The number of hydrogen-bond acceptors (Lipinski definition) is 1. The molecule has 1 rings (SSSR count). The van der Waals surface area contributed by atoms with Crippen LogP contribution >= 0.6 is 0 Å². The molecular formula is C11H15FN2. The standard InChI is InChI=1S/C11H15FN2/c1-3-8-5-6-10(12)9(7-8)11(13)14-4-2/h5-7H,3-4H2,1-2H3,(H2,13,14). The summed E-state index contributed by atoms with van der Waals surface area (Å²) in [5, 5.41) is 0. The molecule has 2 nitrogen and oxygen atoms in total. The Balaban J connectivity index is 3.12. The molecule has 0 aliphatic rings. The van der Waals surface area contributed by atoms with Gasteiger partial charge in [0.25, 0.3) is 0 Å². The predicted octanol–water partition coefficient (Wildman–Crippen LogP) is 2.11. The first kappa shape index (κ1) is 10.7. The monoisotopic (exact) mass is 194 g/mol. The maximum absolute atomic E-state index is 13.3. The van der Waals surface area contributed by atoms with E-state index in [1.807, 2.05) is 13.8 Å². The Morgan fingerprint density at radius 1 is 1.43 bits per heavy atom. The summed E-state index contributed by atoms with van der Waals surface area (Å²) in [6.07, 6.45) is 0.868. The molecule has 0 aliphatic carbocycles. The van der Waals surface area contributed by atoms with Gasteiger partial charge >= 0.3 is 0 Å². The highest BCUT2D eigenvalue weighted by Crippen LogP contribution is 2.10. The molecular weight excluding hydrogens is 179 g/mol. The van der Waals surface area contributed by atoms with Crippen LogP contribution in [0.2, 0.25) is 0 Å². The SMILES string of the molecule is CCN=C(N)c1cc(CC)ccc1F. The normalized spacial score (nSPS) is 11.8. The molecule has 0 heterocycles. The molecule has 0 unspecified atom stereocenters. The van der Waals surface area contributed by atoms with Gasteiger partial charge in [0, 0.05) is 6.54 Å². The Kier molecular flexibility index (Phi) is 3.63. The highest BCUT2D eigenvalue weighted by atomic mass is 19.1. The molecule has 0 bridgehead atoms. The van der Waals surface area contributed by atoms with Crippen LogP contribution in [-0.2, 0) is 6.42 Å². The van der Waals surface area contributed by atoms with Crippen molar-refractivity contribution in [1.29, 1.82) is 0 Å². The lowest BCUT2D eigenvalue weighted by molar-refractivity contribution is 0.624. The first-order chi connectivity index (χ1) is 6.69. The highest BCUT2D eigenvalue weighted by molar-refractivity contribution is 5.97. The minimum Gasteiger partial charge on any atom is -0.383 e. The lowest BCUT2D eigenvalue weighted by atomic mass is 10.1. The Hall–Kier alpha value is -1.38. The second-order valence-electron chi connectivity index (χ2n) is 3.03. The van der Waals surface area contributed by atoms with Crippen molar-refractivity contribution >= 4 is 5.84 Å². The van der Waals surface area contributed by atoms with Gasteiger partial charge in [-0.15, -0.1) is 0 Å². The van der Waals surface area contributed by atoms with Gasteiger partial charge < -0.3 is 5.73 Å². The van der Waals surface area contributed by atoms with E-state index < -0.39 is 0 Å². The number of benzene rings is 1. The second-order valence-corrected chi connectivity index (χ2v) is 3.03. The average Bonchev–Trinajstić information content (AvgIpc) is 2.19. The molecule has 0 spiro atoms. The van der Waals surface area contributed by atoms with Crippen LogP contribution in [0, 0.1) is 5.82 Å². The fraction of sp³-hybridized carbons (Fsp3) is 0.364. The summed E-state index contributed by atoms with van der Waals surface area (Å²) in [4.78, 5) is 3.99. The van der Waals surface area contributed by atoms with Gasteiger partial charge in [0.2, 0.25) is 0 Å². The summed E-state index contributed by atoms with van der Waals surface area (Å²) in [6, 6.07) is 4.95. The molecule has 76 valence electrons. The molecule has 0 saturated heterocycles. The molecule has 0 fully saturated rings. The average molecular weight is 194 g/mol. The molecule has 0 aliphatic heterocycles. The van der Waals surface area contributed by atoms with Crippen molar-refractivity contribution in [3.05, 3.63) is 35.1 Å². The zero-order valence-electron chi connectivity index (χ0n) is 8.55. The van der Waals surface area contributed by atoms with Crippen LogP contribution < -0.4 is 5.73 Å². The van der Waals surface area contributed by atoms with Gasteiger partial charge in [0.15, 0.2) is 0 Å². The number of rotatable bonds is 3. The zero-order chi connectivity index (χ0) is 10.6. The number of amidine groups is 1. The number of hydrogen-bond donors (Lipinski definition) is 1. The van der Waals surface area contributed by atoms with Crippen molar-refractivity contribution in [2.75, 3.05) is 6.54 Å². The number of halogens is 1. The minimum absolute atomic E-state index is 0.278. The Morgan fingerprint density at radius 3 is 2.71 bits per heavy atom. The molecule has 0 saturated carbocycles. The molecule has 1 aromatic rings. The number of nitrogens with zero attached hydrogens (tertiary/aromatic N) is 1. The molecule has 0 aromatic heterocycles. The maximum atomic E-state index is 13.3. The lowest BCUT2D eigenvalue weighted by Crippen LogP contribution is -2.16. The van der Waals surface area contributed by atoms with Crippen molar-refractivity contribution < 1.29 is 4.39 Å². The van der Waals surface area contributed by atoms with Crippen LogP contribution in [0.1, 0.15) is 25.0 Å². The summed E-state index contributed by atoms with van der Waals surface area (Å²) < 4.78 is 13.3. The third-order valence-electron chi connectivity index (χ3n) is 2.04. The topological polar surface area (TPSA) is 38.4 Å². The quantitative estimate of drug-likeness (QED) is 0.581. The van der Waals surface area contributed by atoms with E-state index in [2.05, 4.69) is 4.99 Å². The van der Waals surface area contributed by atoms with Gasteiger partial charge in [0.05, 0.1) is 5.56 Å². The molecule has 0 radical (unpaired) electrons. The van der Waals surface area contributed by atoms with Crippen LogP contribution in [-0.4, -0.2) is 12.4 Å². The van der Waals surface area contributed by atoms with Gasteiger partial charge in [-0.2, -0.15) is 0 Å². The second kappa shape index (κ2) is 4.74. The molecule has 0 amide bonds. The number of nitrogens with two attached hydrogens (primary N) is 1. The van der Waals surface area contributed by atoms with E-state index in [-0.39, 0.29) is 11.7 Å². The van der Waals surface area contributed by atoms with Crippen molar-refractivity contribution in [3.63, 3.8) is 0 Å². The van der Waals surface area contributed by atoms with Crippen LogP contribution in [0.15, 0.2) is 23.2 Å². The summed E-state index contributed by atoms with van der Waals surface area (Å²) >= 11 is 0. The Labute approximate surface area is 83.7 Å². The van der Waals surface area contributed by atoms with Crippen molar-refractivity contribution in [2.24, 2.45) is 10.7 Å². The maximum Gasteiger partial charge on any atom is 0.134 e. The van der Waals surface area contributed by atoms with E-state index in [4.69, 9.17) is 5.73 Å². The number of aliphatic imine (C=N–C) groups is 1. The van der Waals surface area contributed by atoms with E-state index in [1.165, 1.54) is 6.07 Å². The molecule has 0 atom stereocenters. The van der Waals surface area contributed by atoms with E-state index in [9.17, 15) is 4.39 Å². The van der Waals surface area contributed by atoms with Crippen molar-refractivity contribution in [1.82, 2.24) is 0 Å². The van der Waals surface area contributed by atoms with E-state index in [1.54, 1.807) is 12.1 Å². The van der Waals surface area contributed by atoms with E-state index in [0.717, 1.165) is 12.0 Å². The minimum atomic E-state index is -0.308. The van der Waals surface area contributed by atoms with Crippen molar-refractivity contribution in [2.45, 2.75) is 20.3 Å². The fourth-order valence-electron chi connectivity index (χ4n) is 1.24. The van der Waals surface area contributed by atoms with Crippen LogP contribution in [0.25, 0.3) is 0 Å². The summed E-state index contributed by atoms with van der Waals surface area (Å²) in [6.45, 7) is 4.46. The number of aryl methyl sites for hydroxylation is 1. The predicted molar refractivity (Wildman–Crippen MR) is 57.0 cm³/mol. The first-order valence-corrected chi connectivity index (χ1v) is 4.77. The third-order valence-corrected chi connectivity index (χ3v) is 2.04. The first-order valence-electron chi connectivity index (χ1n) is 4.77. The Morgan fingerprint density at radius 2 is 2.14 bits per heavy atom. The van der Waals surface area contributed by atoms with Crippen LogP contribution in [0.5, 0.6) is 0 Å². The van der Waals surface area contributed by atoms with Gasteiger partial charge in [-0.25, -0.2) is 4.39 Å². The van der Waals surface area contributed by atoms with Crippen molar-refractivity contribution in [3.8, 4) is 0 Å². The van der Waals surface area contributed by atoms with Crippen LogP contribution in [0.4, 0.5) is 4.39 Å². The third kappa shape index (κ3) is 2.31. The molecule has 2 N–H and O–H groups in total. The molecule has 14 heavy (non-hydrogen) atoms. The zero-order valence-corrected chi connectivity index (χ0v) is 8.55. The van der Waals surface area contributed by atoms with Gasteiger partial charge in [-0.05, 0) is 31.0 Å². The smallest absolute Gasteiger partial charge is 0.134 e. The summed E-state index contributed by atoms with van der Waals surface area (Å²) in [5.74, 6) is -0.0304. The summed E-state index contributed by atoms with van der Waals surface area (Å²) in [5.41, 5.74) is 7.11. The van der Waals surface area contributed by atoms with Gasteiger partial charge in [0.1, 0.15) is 11.7 Å². The lowest BCUT2D eigenvalue weighted by Gasteiger charge is -2.04. The van der Waals surface area contributed by atoms with Crippen LogP contribution in [0.3, 0.4) is 0 Å². The van der Waals surface area contributed by atoms with Gasteiger partial charge in [-0.1, -0.05) is 13.0 Å². The Bertz CT molecular complexity index is 345. The fourth-order valence-corrected chi connectivity index (χ4v) is 1.24. The van der Waals surface area contributed by atoms with E-state index >= 15 is 0 Å². The molecule has 1 aromatic carbocycles. The molecule has 3 heteroatoms. The largest absolute Gasteiger partial charge is 0.383 e. The summed E-state index contributed by atoms with van der Waals surface area (Å²) in [7, 11) is 0.